The zero-order valence-corrected chi connectivity index (χ0v) is 12.2. The van der Waals surface area contributed by atoms with Crippen molar-refractivity contribution >= 4 is 17.2 Å². The fourth-order valence-corrected chi connectivity index (χ4v) is 2.60. The number of hydrogen-bond donors (Lipinski definition) is 1. The zero-order valence-electron chi connectivity index (χ0n) is 11.3. The monoisotopic (exact) mass is 278 g/mol. The number of carbonyl (C=O) groups is 1. The predicted octanol–water partition coefficient (Wildman–Crippen LogP) is 2.68. The summed E-state index contributed by atoms with van der Waals surface area (Å²) in [5, 5.41) is 7.06. The smallest absolute Gasteiger partial charge is 0.287 e. The Morgan fingerprint density at radius 2 is 2.21 bits per heavy atom. The molecule has 0 aliphatic carbocycles. The van der Waals surface area contributed by atoms with Gasteiger partial charge in [0.25, 0.3) is 5.91 Å². The van der Waals surface area contributed by atoms with Gasteiger partial charge in [-0.2, -0.15) is 11.3 Å². The highest BCUT2D eigenvalue weighted by Gasteiger charge is 2.17. The molecule has 0 fully saturated rings. The van der Waals surface area contributed by atoms with E-state index in [0.717, 1.165) is 5.76 Å². The van der Waals surface area contributed by atoms with E-state index in [9.17, 15) is 4.79 Å². The average molecular weight is 278 g/mol. The molecule has 0 radical (unpaired) electrons. The molecule has 0 spiro atoms. The van der Waals surface area contributed by atoms with Crippen molar-refractivity contribution in [3.05, 3.63) is 46.0 Å². The molecule has 1 atom stereocenters. The molecule has 2 aromatic heterocycles. The number of amides is 1. The standard InChI is InChI=1S/C14H18N2O2S/c1-10-4-5-13(18-10)14(17)15-8-12(16(2)3)11-6-7-19-9-11/h4-7,9,12H,8H2,1-3H3,(H,15,17)/t12-/m1/s1. The van der Waals surface area contributed by atoms with E-state index < -0.39 is 0 Å². The largest absolute Gasteiger partial charge is 0.456 e. The maximum Gasteiger partial charge on any atom is 0.287 e. The molecular formula is C14H18N2O2S. The maximum atomic E-state index is 11.9. The third-order valence-electron chi connectivity index (χ3n) is 2.97. The fourth-order valence-electron chi connectivity index (χ4n) is 1.90. The zero-order chi connectivity index (χ0) is 13.8. The lowest BCUT2D eigenvalue weighted by molar-refractivity contribution is 0.0913. The van der Waals surface area contributed by atoms with Gasteiger partial charge >= 0.3 is 0 Å². The van der Waals surface area contributed by atoms with Gasteiger partial charge in [0.05, 0.1) is 6.04 Å². The minimum atomic E-state index is -0.171. The predicted molar refractivity (Wildman–Crippen MR) is 76.5 cm³/mol. The molecule has 0 aromatic carbocycles. The maximum absolute atomic E-state index is 11.9. The molecule has 102 valence electrons. The van der Waals surface area contributed by atoms with Crippen molar-refractivity contribution in [2.75, 3.05) is 20.6 Å². The van der Waals surface area contributed by atoms with Gasteiger partial charge in [-0.3, -0.25) is 4.79 Å². The summed E-state index contributed by atoms with van der Waals surface area (Å²) in [5.41, 5.74) is 1.21. The molecule has 0 aliphatic rings. The van der Waals surface area contributed by atoms with Crippen molar-refractivity contribution in [2.45, 2.75) is 13.0 Å². The van der Waals surface area contributed by atoms with Crippen molar-refractivity contribution in [1.29, 1.82) is 0 Å². The number of nitrogens with one attached hydrogen (secondary N) is 1. The molecule has 2 rings (SSSR count). The van der Waals surface area contributed by atoms with E-state index in [2.05, 4.69) is 21.7 Å². The lowest BCUT2D eigenvalue weighted by atomic mass is 10.1. The van der Waals surface area contributed by atoms with Gasteiger partial charge in [0.15, 0.2) is 5.76 Å². The fraction of sp³-hybridized carbons (Fsp3) is 0.357. The van der Waals surface area contributed by atoms with Gasteiger partial charge < -0.3 is 14.6 Å². The number of carbonyl (C=O) groups excluding carboxylic acids is 1. The Bertz CT molecular complexity index is 531. The van der Waals surface area contributed by atoms with Gasteiger partial charge in [0, 0.05) is 6.54 Å². The summed E-state index contributed by atoms with van der Waals surface area (Å²) in [6.07, 6.45) is 0. The number of aryl methyl sites for hydroxylation is 1. The lowest BCUT2D eigenvalue weighted by Crippen LogP contribution is -2.34. The number of likely N-dealkylation sites (N-methyl/N-ethyl adjacent to an activating group) is 1. The van der Waals surface area contributed by atoms with Crippen molar-refractivity contribution in [1.82, 2.24) is 10.2 Å². The summed E-state index contributed by atoms with van der Waals surface area (Å²) in [4.78, 5) is 14.0. The van der Waals surface area contributed by atoms with Gasteiger partial charge in [-0.15, -0.1) is 0 Å². The van der Waals surface area contributed by atoms with Crippen molar-refractivity contribution < 1.29 is 9.21 Å². The van der Waals surface area contributed by atoms with E-state index in [4.69, 9.17) is 4.42 Å². The van der Waals surface area contributed by atoms with Crippen LogP contribution in [0.3, 0.4) is 0 Å². The van der Waals surface area contributed by atoms with Gasteiger partial charge in [0.2, 0.25) is 0 Å². The highest BCUT2D eigenvalue weighted by atomic mass is 32.1. The molecule has 19 heavy (non-hydrogen) atoms. The third-order valence-corrected chi connectivity index (χ3v) is 3.67. The minimum Gasteiger partial charge on any atom is -0.456 e. The van der Waals surface area contributed by atoms with Crippen LogP contribution in [-0.2, 0) is 0 Å². The molecule has 0 saturated carbocycles. The van der Waals surface area contributed by atoms with Crippen LogP contribution in [0.1, 0.15) is 27.9 Å². The van der Waals surface area contributed by atoms with E-state index in [1.54, 1.807) is 23.5 Å². The van der Waals surface area contributed by atoms with Gasteiger partial charge in [-0.05, 0) is 55.5 Å². The lowest BCUT2D eigenvalue weighted by Gasteiger charge is -2.23. The van der Waals surface area contributed by atoms with Crippen LogP contribution in [0.4, 0.5) is 0 Å². The summed E-state index contributed by atoms with van der Waals surface area (Å²) in [6.45, 7) is 2.38. The molecule has 4 nitrogen and oxygen atoms in total. The molecule has 1 N–H and O–H groups in total. The van der Waals surface area contributed by atoms with Crippen molar-refractivity contribution in [2.24, 2.45) is 0 Å². The summed E-state index contributed by atoms with van der Waals surface area (Å²) >= 11 is 1.66. The molecule has 1 amide bonds. The summed E-state index contributed by atoms with van der Waals surface area (Å²) < 4.78 is 5.31. The number of thiophene rings is 1. The van der Waals surface area contributed by atoms with Crippen LogP contribution >= 0.6 is 11.3 Å². The SMILES string of the molecule is Cc1ccc(C(=O)NC[C@H](c2ccsc2)N(C)C)o1. The van der Waals surface area contributed by atoms with Crippen LogP contribution in [-0.4, -0.2) is 31.4 Å². The molecule has 0 aliphatic heterocycles. The normalized spacial score (nSPS) is 12.6. The van der Waals surface area contributed by atoms with Gasteiger partial charge in [0.1, 0.15) is 5.76 Å². The Balaban J connectivity index is 1.98. The summed E-state index contributed by atoms with van der Waals surface area (Å²) in [5.74, 6) is 0.933. The molecule has 0 bridgehead atoms. The molecule has 2 aromatic rings. The minimum absolute atomic E-state index is 0.171. The van der Waals surface area contributed by atoms with E-state index in [0.29, 0.717) is 12.3 Å². The third kappa shape index (κ3) is 3.45. The Labute approximate surface area is 117 Å². The van der Waals surface area contributed by atoms with E-state index in [1.807, 2.05) is 26.4 Å². The first-order valence-electron chi connectivity index (χ1n) is 6.11. The first kappa shape index (κ1) is 13.8. The van der Waals surface area contributed by atoms with Crippen LogP contribution in [0, 0.1) is 6.92 Å². The van der Waals surface area contributed by atoms with Crippen LogP contribution in [0.5, 0.6) is 0 Å². The van der Waals surface area contributed by atoms with Crippen molar-refractivity contribution in [3.63, 3.8) is 0 Å². The number of nitrogens with zero attached hydrogens (tertiary/aromatic N) is 1. The first-order valence-corrected chi connectivity index (χ1v) is 7.05. The first-order chi connectivity index (χ1) is 9.08. The Hall–Kier alpha value is -1.59. The number of rotatable bonds is 5. The Morgan fingerprint density at radius 1 is 1.42 bits per heavy atom. The quantitative estimate of drug-likeness (QED) is 0.914. The van der Waals surface area contributed by atoms with Crippen LogP contribution in [0.15, 0.2) is 33.4 Å². The van der Waals surface area contributed by atoms with Crippen LogP contribution < -0.4 is 5.32 Å². The average Bonchev–Trinajstić information content (AvgIpc) is 3.00. The Morgan fingerprint density at radius 3 is 2.74 bits per heavy atom. The van der Waals surface area contributed by atoms with Crippen LogP contribution in [0.25, 0.3) is 0 Å². The van der Waals surface area contributed by atoms with Gasteiger partial charge in [-0.25, -0.2) is 0 Å². The van der Waals surface area contributed by atoms with E-state index in [1.165, 1.54) is 5.56 Å². The molecular weight excluding hydrogens is 260 g/mol. The van der Waals surface area contributed by atoms with E-state index in [-0.39, 0.29) is 11.9 Å². The molecule has 0 saturated heterocycles. The van der Waals surface area contributed by atoms with E-state index >= 15 is 0 Å². The molecule has 0 unspecified atom stereocenters. The number of furan rings is 1. The Kier molecular flexibility index (Phi) is 4.39. The molecule has 5 heteroatoms. The van der Waals surface area contributed by atoms with Crippen molar-refractivity contribution in [3.8, 4) is 0 Å². The highest BCUT2D eigenvalue weighted by molar-refractivity contribution is 7.07. The number of hydrogen-bond acceptors (Lipinski definition) is 4. The highest BCUT2D eigenvalue weighted by Crippen LogP contribution is 2.20. The van der Waals surface area contributed by atoms with Gasteiger partial charge in [-0.1, -0.05) is 0 Å². The molecule has 2 heterocycles. The second-order valence-electron chi connectivity index (χ2n) is 4.66. The second kappa shape index (κ2) is 6.04. The van der Waals surface area contributed by atoms with Crippen LogP contribution in [0.2, 0.25) is 0 Å². The topological polar surface area (TPSA) is 45.5 Å². The second-order valence-corrected chi connectivity index (χ2v) is 5.44. The summed E-state index contributed by atoms with van der Waals surface area (Å²) in [6, 6.07) is 5.74. The summed E-state index contributed by atoms with van der Waals surface area (Å²) in [7, 11) is 4.01.